The molecule has 0 radical (unpaired) electrons. The highest BCUT2D eigenvalue weighted by Gasteiger charge is 2.04. The molecule has 0 bridgehead atoms. The van der Waals surface area contributed by atoms with Crippen molar-refractivity contribution in [3.05, 3.63) is 29.0 Å². The molecule has 1 aromatic carbocycles. The van der Waals surface area contributed by atoms with E-state index in [4.69, 9.17) is 16.3 Å². The first-order valence-corrected chi connectivity index (χ1v) is 5.52. The predicted molar refractivity (Wildman–Crippen MR) is 64.7 cm³/mol. The highest BCUT2D eigenvalue weighted by atomic mass is 35.5. The first kappa shape index (κ1) is 11.4. The zero-order chi connectivity index (χ0) is 11.4. The number of aromatic nitrogens is 2. The smallest absolute Gasteiger partial charge is 0.121 e. The van der Waals surface area contributed by atoms with Crippen molar-refractivity contribution in [1.29, 1.82) is 0 Å². The van der Waals surface area contributed by atoms with Crippen LogP contribution in [0.3, 0.4) is 0 Å². The third-order valence-electron chi connectivity index (χ3n) is 2.29. The van der Waals surface area contributed by atoms with Gasteiger partial charge in [0.05, 0.1) is 23.7 Å². The number of nitrogens with one attached hydrogen (secondary N) is 2. The Hall–Kier alpha value is -1.10. The summed E-state index contributed by atoms with van der Waals surface area (Å²) in [5, 5.41) is 3.90. The molecule has 5 heteroatoms. The summed E-state index contributed by atoms with van der Waals surface area (Å²) in [5.74, 6) is 0.888. The number of hydrogen-bond acceptors (Lipinski definition) is 3. The Morgan fingerprint density at radius 3 is 3.12 bits per heavy atom. The maximum absolute atomic E-state index is 6.03. The number of H-pyrrole nitrogens is 1. The number of nitrogens with zero attached hydrogens (tertiary/aromatic N) is 1. The fourth-order valence-corrected chi connectivity index (χ4v) is 1.73. The molecule has 0 aliphatic carbocycles. The summed E-state index contributed by atoms with van der Waals surface area (Å²) in [6.07, 6.45) is 0. The number of fused-ring (bicyclic) bond motifs is 1. The highest BCUT2D eigenvalue weighted by molar-refractivity contribution is 6.34. The van der Waals surface area contributed by atoms with Crippen molar-refractivity contribution in [2.45, 2.75) is 6.54 Å². The molecular weight excluding hydrogens is 226 g/mol. The van der Waals surface area contributed by atoms with Crippen LogP contribution in [0.1, 0.15) is 5.82 Å². The number of benzene rings is 1. The van der Waals surface area contributed by atoms with Gasteiger partial charge in [0, 0.05) is 13.7 Å². The Labute approximate surface area is 99.0 Å². The van der Waals surface area contributed by atoms with Gasteiger partial charge in [0.2, 0.25) is 0 Å². The second-order valence-electron chi connectivity index (χ2n) is 3.49. The van der Waals surface area contributed by atoms with Gasteiger partial charge in [-0.2, -0.15) is 0 Å². The van der Waals surface area contributed by atoms with Crippen LogP contribution in [0.15, 0.2) is 18.2 Å². The second kappa shape index (κ2) is 5.30. The SMILES string of the molecule is COCCNCc1nc2c(Cl)cccc2[nH]1. The van der Waals surface area contributed by atoms with E-state index in [2.05, 4.69) is 15.3 Å². The molecule has 4 nitrogen and oxygen atoms in total. The number of hydrogen-bond donors (Lipinski definition) is 2. The monoisotopic (exact) mass is 239 g/mol. The van der Waals surface area contributed by atoms with Gasteiger partial charge >= 0.3 is 0 Å². The summed E-state index contributed by atoms with van der Waals surface area (Å²) in [6, 6.07) is 5.71. The summed E-state index contributed by atoms with van der Waals surface area (Å²) in [5.41, 5.74) is 1.80. The van der Waals surface area contributed by atoms with Crippen LogP contribution in [0.2, 0.25) is 5.02 Å². The van der Waals surface area contributed by atoms with Gasteiger partial charge in [-0.3, -0.25) is 0 Å². The third-order valence-corrected chi connectivity index (χ3v) is 2.59. The maximum atomic E-state index is 6.03. The molecule has 0 spiro atoms. The molecule has 0 saturated heterocycles. The molecule has 0 fully saturated rings. The minimum Gasteiger partial charge on any atom is -0.383 e. The standard InChI is InChI=1S/C11H14ClN3O/c1-16-6-5-13-7-10-14-9-4-2-3-8(12)11(9)15-10/h2-4,13H,5-7H2,1H3,(H,14,15). The van der Waals surface area contributed by atoms with Crippen LogP contribution in [0.25, 0.3) is 11.0 Å². The lowest BCUT2D eigenvalue weighted by Gasteiger charge is -2.00. The summed E-state index contributed by atoms with van der Waals surface area (Å²) in [4.78, 5) is 7.63. The fraction of sp³-hybridized carbons (Fsp3) is 0.364. The first-order valence-electron chi connectivity index (χ1n) is 5.14. The summed E-state index contributed by atoms with van der Waals surface area (Å²) >= 11 is 6.03. The van der Waals surface area contributed by atoms with E-state index >= 15 is 0 Å². The lowest BCUT2D eigenvalue weighted by molar-refractivity contribution is 0.199. The largest absolute Gasteiger partial charge is 0.383 e. The van der Waals surface area contributed by atoms with Gasteiger partial charge in [-0.1, -0.05) is 17.7 Å². The number of ether oxygens (including phenoxy) is 1. The van der Waals surface area contributed by atoms with Gasteiger partial charge in [-0.25, -0.2) is 4.98 Å². The van der Waals surface area contributed by atoms with Gasteiger partial charge < -0.3 is 15.0 Å². The molecule has 86 valence electrons. The highest BCUT2D eigenvalue weighted by Crippen LogP contribution is 2.20. The van der Waals surface area contributed by atoms with Crippen LogP contribution in [0.4, 0.5) is 0 Å². The quantitative estimate of drug-likeness (QED) is 0.785. The summed E-state index contributed by atoms with van der Waals surface area (Å²) < 4.78 is 4.94. The Morgan fingerprint density at radius 2 is 2.38 bits per heavy atom. The van der Waals surface area contributed by atoms with Crippen LogP contribution < -0.4 is 5.32 Å². The zero-order valence-electron chi connectivity index (χ0n) is 9.09. The molecular formula is C11H14ClN3O. The maximum Gasteiger partial charge on any atom is 0.121 e. The van der Waals surface area contributed by atoms with Crippen molar-refractivity contribution in [2.24, 2.45) is 0 Å². The van der Waals surface area contributed by atoms with E-state index in [-0.39, 0.29) is 0 Å². The van der Waals surface area contributed by atoms with Crippen LogP contribution in [0, 0.1) is 0 Å². The molecule has 2 rings (SSSR count). The third kappa shape index (κ3) is 2.52. The topological polar surface area (TPSA) is 49.9 Å². The van der Waals surface area contributed by atoms with E-state index in [9.17, 15) is 0 Å². The molecule has 0 amide bonds. The lowest BCUT2D eigenvalue weighted by Crippen LogP contribution is -2.19. The van der Waals surface area contributed by atoms with Crippen molar-refractivity contribution in [1.82, 2.24) is 15.3 Å². The fourth-order valence-electron chi connectivity index (χ4n) is 1.51. The number of rotatable bonds is 5. The Morgan fingerprint density at radius 1 is 1.50 bits per heavy atom. The van der Waals surface area contributed by atoms with Crippen molar-refractivity contribution >= 4 is 22.6 Å². The normalized spacial score (nSPS) is 11.1. The van der Waals surface area contributed by atoms with E-state index in [0.29, 0.717) is 18.2 Å². The molecule has 0 aliphatic heterocycles. The molecule has 0 aliphatic rings. The van der Waals surface area contributed by atoms with Crippen LogP contribution in [0.5, 0.6) is 0 Å². The van der Waals surface area contributed by atoms with Crippen LogP contribution in [-0.2, 0) is 11.3 Å². The van der Waals surface area contributed by atoms with Crippen molar-refractivity contribution in [3.63, 3.8) is 0 Å². The average molecular weight is 240 g/mol. The molecule has 1 heterocycles. The van der Waals surface area contributed by atoms with Crippen molar-refractivity contribution < 1.29 is 4.74 Å². The van der Waals surface area contributed by atoms with E-state index in [1.54, 1.807) is 7.11 Å². The van der Waals surface area contributed by atoms with Gasteiger partial charge in [0.15, 0.2) is 0 Å². The number of methoxy groups -OCH3 is 1. The Kier molecular flexibility index (Phi) is 3.77. The van der Waals surface area contributed by atoms with Gasteiger partial charge in [0.25, 0.3) is 0 Å². The van der Waals surface area contributed by atoms with Crippen molar-refractivity contribution in [2.75, 3.05) is 20.3 Å². The van der Waals surface area contributed by atoms with Gasteiger partial charge in [-0.15, -0.1) is 0 Å². The van der Waals surface area contributed by atoms with Crippen LogP contribution in [-0.4, -0.2) is 30.2 Å². The number of imidazole rings is 1. The average Bonchev–Trinajstić information content (AvgIpc) is 2.69. The lowest BCUT2D eigenvalue weighted by atomic mass is 10.3. The number of halogens is 1. The Balaban J connectivity index is 2.05. The van der Waals surface area contributed by atoms with E-state index in [1.807, 2.05) is 18.2 Å². The summed E-state index contributed by atoms with van der Waals surface area (Å²) in [7, 11) is 1.68. The van der Waals surface area contributed by atoms with Gasteiger partial charge in [-0.05, 0) is 12.1 Å². The zero-order valence-corrected chi connectivity index (χ0v) is 9.84. The van der Waals surface area contributed by atoms with E-state index in [1.165, 1.54) is 0 Å². The Bertz CT molecular complexity index is 469. The molecule has 0 saturated carbocycles. The molecule has 2 N–H and O–H groups in total. The predicted octanol–water partition coefficient (Wildman–Crippen LogP) is 1.95. The number of para-hydroxylation sites is 1. The molecule has 16 heavy (non-hydrogen) atoms. The minimum atomic E-state index is 0.678. The van der Waals surface area contributed by atoms with E-state index in [0.717, 1.165) is 23.4 Å². The second-order valence-corrected chi connectivity index (χ2v) is 3.90. The minimum absolute atomic E-state index is 0.678. The summed E-state index contributed by atoms with van der Waals surface area (Å²) in [6.45, 7) is 2.19. The van der Waals surface area contributed by atoms with Crippen LogP contribution >= 0.6 is 11.6 Å². The molecule has 1 aromatic heterocycles. The first-order chi connectivity index (χ1) is 7.81. The molecule has 2 aromatic rings. The van der Waals surface area contributed by atoms with Crippen molar-refractivity contribution in [3.8, 4) is 0 Å². The van der Waals surface area contributed by atoms with E-state index < -0.39 is 0 Å². The van der Waals surface area contributed by atoms with Gasteiger partial charge in [0.1, 0.15) is 11.3 Å². The molecule has 0 atom stereocenters. The molecule has 0 unspecified atom stereocenters. The number of aromatic amines is 1.